The lowest BCUT2D eigenvalue weighted by Crippen LogP contribution is -2.17. The van der Waals surface area contributed by atoms with Crippen LogP contribution in [0.25, 0.3) is 0 Å². The Bertz CT molecular complexity index is 644. The fourth-order valence-electron chi connectivity index (χ4n) is 2.35. The Morgan fingerprint density at radius 1 is 0.900 bits per heavy atom. The lowest BCUT2D eigenvalue weighted by atomic mass is 9.91. The van der Waals surface area contributed by atoms with Crippen molar-refractivity contribution >= 4 is 0 Å². The van der Waals surface area contributed by atoms with Gasteiger partial charge in [0.25, 0.3) is 0 Å². The fourth-order valence-corrected chi connectivity index (χ4v) is 2.35. The summed E-state index contributed by atoms with van der Waals surface area (Å²) in [6.45, 7) is 3.26. The second kappa shape index (κ2) is 5.25. The number of aryl methyl sites for hydroxylation is 2. The topological polar surface area (TPSA) is 26.0 Å². The Kier molecular flexibility index (Phi) is 3.81. The van der Waals surface area contributed by atoms with Crippen LogP contribution in [0.4, 0.5) is 17.6 Å². The highest BCUT2D eigenvalue weighted by Crippen LogP contribution is 2.29. The zero-order valence-electron chi connectivity index (χ0n) is 11.0. The maximum atomic E-state index is 13.8. The Morgan fingerprint density at radius 3 is 2.00 bits per heavy atom. The minimum Gasteiger partial charge on any atom is -0.320 e. The van der Waals surface area contributed by atoms with Crippen molar-refractivity contribution in [2.45, 2.75) is 19.9 Å². The van der Waals surface area contributed by atoms with Crippen LogP contribution in [-0.2, 0) is 0 Å². The molecule has 0 saturated heterocycles. The van der Waals surface area contributed by atoms with Crippen LogP contribution < -0.4 is 5.73 Å². The third kappa shape index (κ3) is 2.41. The zero-order valence-corrected chi connectivity index (χ0v) is 11.0. The summed E-state index contributed by atoms with van der Waals surface area (Å²) in [5, 5.41) is 0. The van der Waals surface area contributed by atoms with Gasteiger partial charge in [-0.25, -0.2) is 17.6 Å². The average molecular weight is 283 g/mol. The third-order valence-corrected chi connectivity index (χ3v) is 3.27. The minimum atomic E-state index is -1.56. The molecule has 2 N–H and O–H groups in total. The van der Waals surface area contributed by atoms with Gasteiger partial charge < -0.3 is 5.73 Å². The second-order valence-electron chi connectivity index (χ2n) is 4.70. The molecule has 1 nitrogen and oxygen atoms in total. The molecule has 1 atom stereocenters. The fraction of sp³-hybridized carbons (Fsp3) is 0.200. The van der Waals surface area contributed by atoms with Gasteiger partial charge in [-0.2, -0.15) is 0 Å². The first-order chi connectivity index (χ1) is 9.32. The van der Waals surface area contributed by atoms with Crippen LogP contribution in [-0.4, -0.2) is 0 Å². The molecule has 0 aliphatic heterocycles. The van der Waals surface area contributed by atoms with Crippen molar-refractivity contribution in [1.29, 1.82) is 0 Å². The monoisotopic (exact) mass is 283 g/mol. The first-order valence-corrected chi connectivity index (χ1v) is 5.98. The second-order valence-corrected chi connectivity index (χ2v) is 4.70. The van der Waals surface area contributed by atoms with Crippen LogP contribution in [0.15, 0.2) is 24.3 Å². The van der Waals surface area contributed by atoms with E-state index in [9.17, 15) is 17.6 Å². The summed E-state index contributed by atoms with van der Waals surface area (Å²) in [5.74, 6) is -4.58. The van der Waals surface area contributed by atoms with E-state index in [1.54, 1.807) is 13.8 Å². The maximum absolute atomic E-state index is 13.8. The van der Waals surface area contributed by atoms with Gasteiger partial charge in [-0.15, -0.1) is 0 Å². The quantitative estimate of drug-likeness (QED) is 0.656. The van der Waals surface area contributed by atoms with E-state index in [4.69, 9.17) is 5.73 Å². The molecule has 2 rings (SSSR count). The molecular formula is C15H13F4N. The summed E-state index contributed by atoms with van der Waals surface area (Å²) in [7, 11) is 0. The molecule has 106 valence electrons. The van der Waals surface area contributed by atoms with E-state index in [-0.39, 0.29) is 5.56 Å². The van der Waals surface area contributed by atoms with Gasteiger partial charge in [-0.05, 0) is 48.7 Å². The normalized spacial score (nSPS) is 12.6. The van der Waals surface area contributed by atoms with E-state index in [1.165, 1.54) is 12.1 Å². The van der Waals surface area contributed by atoms with Crippen LogP contribution in [0.1, 0.15) is 28.3 Å². The maximum Gasteiger partial charge on any atom is 0.194 e. The predicted octanol–water partition coefficient (Wildman–Crippen LogP) is 3.91. The first kappa shape index (κ1) is 14.5. The van der Waals surface area contributed by atoms with Crippen LogP contribution in [0.5, 0.6) is 0 Å². The van der Waals surface area contributed by atoms with Crippen molar-refractivity contribution < 1.29 is 17.6 Å². The summed E-state index contributed by atoms with van der Waals surface area (Å²) in [4.78, 5) is 0. The number of rotatable bonds is 2. The molecule has 0 amide bonds. The van der Waals surface area contributed by atoms with E-state index in [1.807, 2.05) is 0 Å². The van der Waals surface area contributed by atoms with Gasteiger partial charge in [-0.1, -0.05) is 6.07 Å². The molecule has 0 aromatic heterocycles. The Balaban J connectivity index is 2.58. The highest BCUT2D eigenvalue weighted by Gasteiger charge is 2.22. The molecule has 0 fully saturated rings. The molecule has 0 spiro atoms. The van der Waals surface area contributed by atoms with Crippen molar-refractivity contribution in [2.75, 3.05) is 0 Å². The summed E-state index contributed by atoms with van der Waals surface area (Å²) in [6, 6.07) is 3.45. The zero-order chi connectivity index (χ0) is 15.0. The predicted molar refractivity (Wildman–Crippen MR) is 68.2 cm³/mol. The summed E-state index contributed by atoms with van der Waals surface area (Å²) < 4.78 is 53.2. The molecule has 0 saturated carbocycles. The molecule has 0 bridgehead atoms. The van der Waals surface area contributed by atoms with Crippen LogP contribution >= 0.6 is 0 Å². The molecule has 20 heavy (non-hydrogen) atoms. The van der Waals surface area contributed by atoms with Gasteiger partial charge in [0, 0.05) is 5.56 Å². The molecule has 0 aliphatic carbocycles. The van der Waals surface area contributed by atoms with Gasteiger partial charge >= 0.3 is 0 Å². The minimum absolute atomic E-state index is 0.165. The largest absolute Gasteiger partial charge is 0.320 e. The Labute approximate surface area is 114 Å². The molecule has 1 unspecified atom stereocenters. The van der Waals surface area contributed by atoms with Gasteiger partial charge in [0.05, 0.1) is 6.04 Å². The number of nitrogens with two attached hydrogens (primary N) is 1. The summed E-state index contributed by atoms with van der Waals surface area (Å²) in [5.41, 5.74) is 7.32. The van der Waals surface area contributed by atoms with Gasteiger partial charge in [-0.3, -0.25) is 0 Å². The van der Waals surface area contributed by atoms with Gasteiger partial charge in [0.2, 0.25) is 0 Å². The van der Waals surface area contributed by atoms with Crippen LogP contribution in [0.3, 0.4) is 0 Å². The van der Waals surface area contributed by atoms with E-state index < -0.39 is 29.3 Å². The third-order valence-electron chi connectivity index (χ3n) is 3.27. The molecule has 5 heteroatoms. The summed E-state index contributed by atoms with van der Waals surface area (Å²) in [6.07, 6.45) is 0. The number of hydrogen-bond acceptors (Lipinski definition) is 1. The van der Waals surface area contributed by atoms with Crippen molar-refractivity contribution in [3.8, 4) is 0 Å². The highest BCUT2D eigenvalue weighted by atomic mass is 19.2. The molecule has 0 radical (unpaired) electrons. The lowest BCUT2D eigenvalue weighted by molar-refractivity contribution is 0.438. The molecule has 2 aromatic carbocycles. The van der Waals surface area contributed by atoms with Crippen molar-refractivity contribution in [2.24, 2.45) is 5.73 Å². The number of halogens is 4. The summed E-state index contributed by atoms with van der Waals surface area (Å²) >= 11 is 0. The van der Waals surface area contributed by atoms with E-state index in [0.29, 0.717) is 16.7 Å². The smallest absolute Gasteiger partial charge is 0.194 e. The lowest BCUT2D eigenvalue weighted by Gasteiger charge is -2.19. The highest BCUT2D eigenvalue weighted by molar-refractivity contribution is 5.42. The van der Waals surface area contributed by atoms with Gasteiger partial charge in [0.15, 0.2) is 17.5 Å². The molecule has 0 heterocycles. The van der Waals surface area contributed by atoms with Gasteiger partial charge in [0.1, 0.15) is 5.82 Å². The van der Waals surface area contributed by atoms with Crippen molar-refractivity contribution in [1.82, 2.24) is 0 Å². The van der Waals surface area contributed by atoms with E-state index >= 15 is 0 Å². The molecule has 0 aliphatic rings. The Morgan fingerprint density at radius 2 is 1.45 bits per heavy atom. The Hall–Kier alpha value is -1.88. The van der Waals surface area contributed by atoms with Crippen molar-refractivity contribution in [3.63, 3.8) is 0 Å². The number of benzene rings is 2. The first-order valence-electron chi connectivity index (χ1n) is 5.98. The molecular weight excluding hydrogens is 270 g/mol. The van der Waals surface area contributed by atoms with E-state index in [2.05, 4.69) is 0 Å². The molecule has 2 aromatic rings. The van der Waals surface area contributed by atoms with Crippen LogP contribution in [0.2, 0.25) is 0 Å². The van der Waals surface area contributed by atoms with E-state index in [0.717, 1.165) is 12.1 Å². The van der Waals surface area contributed by atoms with Crippen molar-refractivity contribution in [3.05, 3.63) is 69.8 Å². The average Bonchev–Trinajstić information content (AvgIpc) is 2.34. The standard InChI is InChI=1S/C15H13F4N/c1-7-5-9(16)6-8(2)12(7)15(20)10-3-4-11(17)14(19)13(10)18/h3-6,15H,20H2,1-2H3. The number of hydrogen-bond donors (Lipinski definition) is 1. The van der Waals surface area contributed by atoms with Crippen LogP contribution in [0, 0.1) is 37.1 Å². The SMILES string of the molecule is Cc1cc(F)cc(C)c1C(N)c1ccc(F)c(F)c1F.